The molecule has 1 aromatic carbocycles. The molecule has 1 aromatic heterocycles. The zero-order valence-corrected chi connectivity index (χ0v) is 12.0. The van der Waals surface area contributed by atoms with Gasteiger partial charge in [0.15, 0.2) is 11.5 Å². The molecule has 0 aliphatic rings. The number of benzene rings is 1. The fourth-order valence-corrected chi connectivity index (χ4v) is 2.53. The van der Waals surface area contributed by atoms with Crippen LogP contribution in [0.3, 0.4) is 0 Å². The van der Waals surface area contributed by atoms with Crippen molar-refractivity contribution in [3.05, 3.63) is 46.7 Å². The van der Waals surface area contributed by atoms with E-state index in [2.05, 4.69) is 12.0 Å². The third kappa shape index (κ3) is 2.58. The third-order valence-electron chi connectivity index (χ3n) is 2.88. The van der Waals surface area contributed by atoms with Crippen molar-refractivity contribution >= 4 is 16.9 Å². The molecule has 0 spiro atoms. The fourth-order valence-electron chi connectivity index (χ4n) is 1.86. The third-order valence-corrected chi connectivity index (χ3v) is 3.57. The van der Waals surface area contributed by atoms with Gasteiger partial charge in [-0.2, -0.15) is 11.3 Å². The van der Waals surface area contributed by atoms with Gasteiger partial charge >= 0.3 is 0 Å². The molecule has 100 valence electrons. The second-order valence-corrected chi connectivity index (χ2v) is 4.68. The smallest absolute Gasteiger partial charge is 0.203 e. The lowest BCUT2D eigenvalue weighted by molar-refractivity contribution is 0.324. The first-order valence-corrected chi connectivity index (χ1v) is 6.67. The quantitative estimate of drug-likeness (QED) is 0.830. The van der Waals surface area contributed by atoms with E-state index in [1.807, 2.05) is 23.6 Å². The highest BCUT2D eigenvalue weighted by molar-refractivity contribution is 7.08. The number of hydrogen-bond donors (Lipinski definition) is 0. The highest BCUT2D eigenvalue weighted by Gasteiger charge is 2.15. The van der Waals surface area contributed by atoms with Crippen molar-refractivity contribution in [2.75, 3.05) is 21.3 Å². The van der Waals surface area contributed by atoms with Crippen molar-refractivity contribution < 1.29 is 14.2 Å². The summed E-state index contributed by atoms with van der Waals surface area (Å²) < 4.78 is 16.0. The maximum Gasteiger partial charge on any atom is 0.203 e. The molecular formula is C15H16O3S. The molecule has 19 heavy (non-hydrogen) atoms. The summed E-state index contributed by atoms with van der Waals surface area (Å²) >= 11 is 1.64. The molecule has 0 unspecified atom stereocenters. The first kappa shape index (κ1) is 13.5. The lowest BCUT2D eigenvalue weighted by atomic mass is 10.0. The molecule has 4 heteroatoms. The van der Waals surface area contributed by atoms with E-state index in [0.717, 1.165) is 16.7 Å². The Morgan fingerprint density at radius 2 is 1.63 bits per heavy atom. The van der Waals surface area contributed by atoms with Crippen LogP contribution in [0.15, 0.2) is 35.5 Å². The van der Waals surface area contributed by atoms with Crippen molar-refractivity contribution in [1.29, 1.82) is 0 Å². The van der Waals surface area contributed by atoms with Gasteiger partial charge in [0, 0.05) is 0 Å². The SMILES string of the molecule is C=C(c1ccsc1)c1cc(OC)c(OC)c(OC)c1. The predicted molar refractivity (Wildman–Crippen MR) is 78.6 cm³/mol. The molecule has 0 saturated heterocycles. The van der Waals surface area contributed by atoms with E-state index in [1.165, 1.54) is 0 Å². The van der Waals surface area contributed by atoms with E-state index in [1.54, 1.807) is 32.7 Å². The molecule has 0 amide bonds. The Morgan fingerprint density at radius 1 is 1.00 bits per heavy atom. The summed E-state index contributed by atoms with van der Waals surface area (Å²) in [5.41, 5.74) is 2.98. The largest absolute Gasteiger partial charge is 0.493 e. The van der Waals surface area contributed by atoms with Gasteiger partial charge in [0.25, 0.3) is 0 Å². The van der Waals surface area contributed by atoms with Crippen molar-refractivity contribution in [3.63, 3.8) is 0 Å². The molecule has 0 aliphatic heterocycles. The number of ether oxygens (including phenoxy) is 3. The van der Waals surface area contributed by atoms with Crippen LogP contribution >= 0.6 is 11.3 Å². The van der Waals surface area contributed by atoms with E-state index in [0.29, 0.717) is 17.2 Å². The van der Waals surface area contributed by atoms with Gasteiger partial charge in [-0.3, -0.25) is 0 Å². The fraction of sp³-hybridized carbons (Fsp3) is 0.200. The van der Waals surface area contributed by atoms with Gasteiger partial charge in [-0.25, -0.2) is 0 Å². The van der Waals surface area contributed by atoms with E-state index >= 15 is 0 Å². The van der Waals surface area contributed by atoms with E-state index in [9.17, 15) is 0 Å². The average molecular weight is 276 g/mol. The van der Waals surface area contributed by atoms with Gasteiger partial charge in [0.1, 0.15) is 0 Å². The summed E-state index contributed by atoms with van der Waals surface area (Å²) in [6.45, 7) is 4.13. The van der Waals surface area contributed by atoms with Crippen molar-refractivity contribution in [3.8, 4) is 17.2 Å². The highest BCUT2D eigenvalue weighted by Crippen LogP contribution is 2.40. The molecule has 2 rings (SSSR count). The Labute approximate surface area is 117 Å². The zero-order chi connectivity index (χ0) is 13.8. The molecule has 0 radical (unpaired) electrons. The number of rotatable bonds is 5. The van der Waals surface area contributed by atoms with Gasteiger partial charge < -0.3 is 14.2 Å². The van der Waals surface area contributed by atoms with Crippen molar-refractivity contribution in [2.45, 2.75) is 0 Å². The molecule has 2 aromatic rings. The Morgan fingerprint density at radius 3 is 2.05 bits per heavy atom. The monoisotopic (exact) mass is 276 g/mol. The first-order chi connectivity index (χ1) is 9.21. The van der Waals surface area contributed by atoms with Gasteiger partial charge in [0.2, 0.25) is 5.75 Å². The molecule has 0 saturated carbocycles. The van der Waals surface area contributed by atoms with Crippen LogP contribution < -0.4 is 14.2 Å². The number of hydrogen-bond acceptors (Lipinski definition) is 4. The van der Waals surface area contributed by atoms with E-state index < -0.39 is 0 Å². The molecular weight excluding hydrogens is 260 g/mol. The minimum absolute atomic E-state index is 0.590. The Balaban J connectivity index is 2.50. The Bertz CT molecular complexity index is 548. The first-order valence-electron chi connectivity index (χ1n) is 5.73. The Kier molecular flexibility index (Phi) is 4.12. The van der Waals surface area contributed by atoms with Crippen molar-refractivity contribution in [2.24, 2.45) is 0 Å². The lowest BCUT2D eigenvalue weighted by Crippen LogP contribution is -1.97. The van der Waals surface area contributed by atoms with Crippen LogP contribution in [-0.4, -0.2) is 21.3 Å². The van der Waals surface area contributed by atoms with Gasteiger partial charge in [-0.05, 0) is 45.7 Å². The van der Waals surface area contributed by atoms with Crippen LogP contribution in [0, 0.1) is 0 Å². The molecule has 0 fully saturated rings. The summed E-state index contributed by atoms with van der Waals surface area (Å²) in [4.78, 5) is 0. The standard InChI is InChI=1S/C15H16O3S/c1-10(11-5-6-19-9-11)12-7-13(16-2)15(18-4)14(8-12)17-3/h5-9H,1H2,2-4H3. The van der Waals surface area contributed by atoms with Crippen molar-refractivity contribution in [1.82, 2.24) is 0 Å². The van der Waals surface area contributed by atoms with Gasteiger partial charge in [0.05, 0.1) is 21.3 Å². The number of thiophene rings is 1. The average Bonchev–Trinajstić information content (AvgIpc) is 2.98. The maximum atomic E-state index is 5.34. The maximum absolute atomic E-state index is 5.34. The second-order valence-electron chi connectivity index (χ2n) is 3.90. The predicted octanol–water partition coefficient (Wildman–Crippen LogP) is 3.84. The van der Waals surface area contributed by atoms with Crippen LogP contribution in [0.25, 0.3) is 5.57 Å². The van der Waals surface area contributed by atoms with E-state index in [4.69, 9.17) is 14.2 Å². The topological polar surface area (TPSA) is 27.7 Å². The van der Waals surface area contributed by atoms with Gasteiger partial charge in [-0.1, -0.05) is 6.58 Å². The summed E-state index contributed by atoms with van der Waals surface area (Å²) in [5, 5.41) is 4.09. The lowest BCUT2D eigenvalue weighted by Gasteiger charge is -2.14. The highest BCUT2D eigenvalue weighted by atomic mass is 32.1. The molecule has 0 bridgehead atoms. The summed E-state index contributed by atoms with van der Waals surface area (Å²) in [6, 6.07) is 5.85. The van der Waals surface area contributed by atoms with Crippen LogP contribution in [0.4, 0.5) is 0 Å². The molecule has 1 heterocycles. The molecule has 3 nitrogen and oxygen atoms in total. The summed E-state index contributed by atoms with van der Waals surface area (Å²) in [6.07, 6.45) is 0. The Hall–Kier alpha value is -1.94. The summed E-state index contributed by atoms with van der Waals surface area (Å²) in [7, 11) is 4.80. The van der Waals surface area contributed by atoms with Crippen LogP contribution in [0.5, 0.6) is 17.2 Å². The molecule has 0 atom stereocenters. The zero-order valence-electron chi connectivity index (χ0n) is 11.2. The normalized spacial score (nSPS) is 10.1. The minimum atomic E-state index is 0.590. The molecule has 0 N–H and O–H groups in total. The molecule has 0 aliphatic carbocycles. The second kappa shape index (κ2) is 5.80. The van der Waals surface area contributed by atoms with Crippen LogP contribution in [-0.2, 0) is 0 Å². The van der Waals surface area contributed by atoms with Crippen LogP contribution in [0.2, 0.25) is 0 Å². The van der Waals surface area contributed by atoms with Gasteiger partial charge in [-0.15, -0.1) is 0 Å². The number of methoxy groups -OCH3 is 3. The summed E-state index contributed by atoms with van der Waals surface area (Å²) in [5.74, 6) is 1.85. The minimum Gasteiger partial charge on any atom is -0.493 e. The van der Waals surface area contributed by atoms with Crippen LogP contribution in [0.1, 0.15) is 11.1 Å². The van der Waals surface area contributed by atoms with E-state index in [-0.39, 0.29) is 0 Å².